The minimum absolute atomic E-state index is 0.141. The normalized spacial score (nSPS) is 22.5. The van der Waals surface area contributed by atoms with E-state index in [1.807, 2.05) is 13.8 Å². The van der Waals surface area contributed by atoms with Gasteiger partial charge in [0.2, 0.25) is 5.91 Å². The number of ether oxygens (including phenoxy) is 2. The van der Waals surface area contributed by atoms with Crippen LogP contribution in [-0.2, 0) is 14.3 Å². The smallest absolute Gasteiger partial charge is 0.335 e. The van der Waals surface area contributed by atoms with Gasteiger partial charge in [-0.05, 0) is 19.9 Å². The van der Waals surface area contributed by atoms with E-state index in [0.717, 1.165) is 0 Å². The van der Waals surface area contributed by atoms with Crippen molar-refractivity contribution in [3.63, 3.8) is 0 Å². The zero-order chi connectivity index (χ0) is 15.6. The number of benzene rings is 1. The highest BCUT2D eigenvalue weighted by Gasteiger charge is 2.44. The molecule has 2 unspecified atom stereocenters. The van der Waals surface area contributed by atoms with Crippen molar-refractivity contribution in [3.05, 3.63) is 29.8 Å². The van der Waals surface area contributed by atoms with Gasteiger partial charge in [0.1, 0.15) is 12.4 Å². The molecule has 1 aromatic rings. The topological polar surface area (TPSA) is 76.1 Å². The summed E-state index contributed by atoms with van der Waals surface area (Å²) >= 11 is 0. The summed E-state index contributed by atoms with van der Waals surface area (Å²) in [5, 5.41) is 9.42. The van der Waals surface area contributed by atoms with Crippen molar-refractivity contribution in [2.24, 2.45) is 0 Å². The fourth-order valence-electron chi connectivity index (χ4n) is 2.67. The summed E-state index contributed by atoms with van der Waals surface area (Å²) in [4.78, 5) is 25.2. The molecule has 1 aliphatic rings. The molecule has 1 amide bonds. The number of nitrogens with zero attached hydrogens (tertiary/aromatic N) is 1. The second-order valence-electron chi connectivity index (χ2n) is 5.15. The number of carbonyl (C=O) groups excluding carboxylic acids is 1. The average molecular weight is 293 g/mol. The third kappa shape index (κ3) is 2.85. The van der Waals surface area contributed by atoms with Crippen molar-refractivity contribution in [3.8, 4) is 5.75 Å². The van der Waals surface area contributed by atoms with Gasteiger partial charge in [-0.25, -0.2) is 4.79 Å². The van der Waals surface area contributed by atoms with Gasteiger partial charge in [-0.15, -0.1) is 0 Å². The van der Waals surface area contributed by atoms with E-state index < -0.39 is 18.1 Å². The van der Waals surface area contributed by atoms with Crippen molar-refractivity contribution in [1.29, 1.82) is 0 Å². The Bertz CT molecular complexity index is 543. The van der Waals surface area contributed by atoms with Gasteiger partial charge >= 0.3 is 5.97 Å². The van der Waals surface area contributed by atoms with Gasteiger partial charge in [-0.1, -0.05) is 18.2 Å². The first kappa shape index (κ1) is 15.3. The van der Waals surface area contributed by atoms with E-state index in [1.54, 1.807) is 29.2 Å². The van der Waals surface area contributed by atoms with Crippen LogP contribution in [0.15, 0.2) is 24.3 Å². The summed E-state index contributed by atoms with van der Waals surface area (Å²) in [6.45, 7) is 3.48. The SMILES string of the molecule is COc1ccccc1C1C(C(=O)O)OCC(=O)N1C(C)C. The number of morpholine rings is 1. The van der Waals surface area contributed by atoms with E-state index in [1.165, 1.54) is 7.11 Å². The Labute approximate surface area is 123 Å². The van der Waals surface area contributed by atoms with Gasteiger partial charge in [-0.3, -0.25) is 4.79 Å². The molecule has 1 N–H and O–H groups in total. The van der Waals surface area contributed by atoms with E-state index in [4.69, 9.17) is 9.47 Å². The molecule has 2 atom stereocenters. The summed E-state index contributed by atoms with van der Waals surface area (Å²) in [5.41, 5.74) is 0.633. The van der Waals surface area contributed by atoms with Crippen LogP contribution in [0.2, 0.25) is 0 Å². The summed E-state index contributed by atoms with van der Waals surface area (Å²) in [6, 6.07) is 6.23. The standard InChI is InChI=1S/C15H19NO5/c1-9(2)16-12(17)8-21-14(15(18)19)13(16)10-6-4-5-7-11(10)20-3/h4-7,9,13-14H,8H2,1-3H3,(H,18,19). The number of para-hydroxylation sites is 1. The van der Waals surface area contributed by atoms with E-state index in [-0.39, 0.29) is 18.6 Å². The maximum Gasteiger partial charge on any atom is 0.335 e. The number of hydrogen-bond donors (Lipinski definition) is 1. The van der Waals surface area contributed by atoms with E-state index >= 15 is 0 Å². The summed E-state index contributed by atoms with van der Waals surface area (Å²) in [5.74, 6) is -0.778. The van der Waals surface area contributed by atoms with Gasteiger partial charge in [0, 0.05) is 11.6 Å². The van der Waals surface area contributed by atoms with Crippen LogP contribution in [0.4, 0.5) is 0 Å². The molecule has 0 saturated carbocycles. The molecule has 1 saturated heterocycles. The molecule has 6 heteroatoms. The summed E-state index contributed by atoms with van der Waals surface area (Å²) < 4.78 is 10.6. The van der Waals surface area contributed by atoms with Crippen molar-refractivity contribution in [1.82, 2.24) is 4.90 Å². The first-order chi connectivity index (χ1) is 9.97. The van der Waals surface area contributed by atoms with Gasteiger partial charge in [0.05, 0.1) is 13.2 Å². The van der Waals surface area contributed by atoms with Gasteiger partial charge in [0.25, 0.3) is 0 Å². The Kier molecular flexibility index (Phi) is 4.47. The number of rotatable bonds is 4. The first-order valence-electron chi connectivity index (χ1n) is 6.75. The highest BCUT2D eigenvalue weighted by atomic mass is 16.5. The lowest BCUT2D eigenvalue weighted by atomic mass is 9.95. The molecule has 0 bridgehead atoms. The Morgan fingerprint density at radius 1 is 1.43 bits per heavy atom. The van der Waals surface area contributed by atoms with Crippen LogP contribution in [0.3, 0.4) is 0 Å². The average Bonchev–Trinajstić information content (AvgIpc) is 2.46. The molecule has 1 heterocycles. The lowest BCUT2D eigenvalue weighted by Crippen LogP contribution is -2.54. The largest absolute Gasteiger partial charge is 0.496 e. The Morgan fingerprint density at radius 3 is 2.67 bits per heavy atom. The molecular weight excluding hydrogens is 274 g/mol. The lowest BCUT2D eigenvalue weighted by Gasteiger charge is -2.42. The molecule has 0 aliphatic carbocycles. The second kappa shape index (κ2) is 6.13. The molecule has 2 rings (SSSR count). The predicted molar refractivity (Wildman–Crippen MR) is 75.1 cm³/mol. The van der Waals surface area contributed by atoms with E-state index in [9.17, 15) is 14.7 Å². The molecule has 6 nitrogen and oxygen atoms in total. The van der Waals surface area contributed by atoms with Gasteiger partial charge in [0.15, 0.2) is 6.10 Å². The van der Waals surface area contributed by atoms with Crippen LogP contribution in [0.5, 0.6) is 5.75 Å². The number of carboxylic acids is 1. The quantitative estimate of drug-likeness (QED) is 0.909. The highest BCUT2D eigenvalue weighted by Crippen LogP contribution is 2.36. The first-order valence-corrected chi connectivity index (χ1v) is 6.75. The predicted octanol–water partition coefficient (Wildman–Crippen LogP) is 1.46. The molecule has 21 heavy (non-hydrogen) atoms. The maximum atomic E-state index is 12.2. The van der Waals surface area contributed by atoms with Crippen LogP contribution in [-0.4, -0.2) is 47.7 Å². The lowest BCUT2D eigenvalue weighted by molar-refractivity contribution is -0.175. The zero-order valence-corrected chi connectivity index (χ0v) is 12.3. The Hall–Kier alpha value is -2.08. The fraction of sp³-hybridized carbons (Fsp3) is 0.467. The van der Waals surface area contributed by atoms with Crippen molar-refractivity contribution >= 4 is 11.9 Å². The molecular formula is C15H19NO5. The Morgan fingerprint density at radius 2 is 2.10 bits per heavy atom. The second-order valence-corrected chi connectivity index (χ2v) is 5.15. The number of methoxy groups -OCH3 is 1. The van der Waals surface area contributed by atoms with Crippen LogP contribution in [0.1, 0.15) is 25.5 Å². The van der Waals surface area contributed by atoms with E-state index in [0.29, 0.717) is 11.3 Å². The van der Waals surface area contributed by atoms with E-state index in [2.05, 4.69) is 0 Å². The van der Waals surface area contributed by atoms with Crippen LogP contribution < -0.4 is 4.74 Å². The molecule has 114 valence electrons. The molecule has 0 spiro atoms. The van der Waals surface area contributed by atoms with Crippen LogP contribution in [0, 0.1) is 0 Å². The van der Waals surface area contributed by atoms with Gasteiger partial charge in [-0.2, -0.15) is 0 Å². The minimum atomic E-state index is -1.11. The van der Waals surface area contributed by atoms with Crippen LogP contribution in [0.25, 0.3) is 0 Å². The number of amides is 1. The minimum Gasteiger partial charge on any atom is -0.496 e. The third-order valence-corrected chi connectivity index (χ3v) is 3.52. The fourth-order valence-corrected chi connectivity index (χ4v) is 2.67. The van der Waals surface area contributed by atoms with Crippen molar-refractivity contribution in [2.45, 2.75) is 32.0 Å². The molecule has 0 aromatic heterocycles. The molecule has 1 fully saturated rings. The zero-order valence-electron chi connectivity index (χ0n) is 12.3. The third-order valence-electron chi connectivity index (χ3n) is 3.52. The number of hydrogen-bond acceptors (Lipinski definition) is 4. The van der Waals surface area contributed by atoms with Gasteiger partial charge < -0.3 is 19.5 Å². The van der Waals surface area contributed by atoms with Crippen LogP contribution >= 0.6 is 0 Å². The summed E-state index contributed by atoms with van der Waals surface area (Å²) in [6.07, 6.45) is -1.11. The maximum absolute atomic E-state index is 12.2. The summed E-state index contributed by atoms with van der Waals surface area (Å²) in [7, 11) is 1.51. The molecule has 1 aliphatic heterocycles. The number of carboxylic acid groups (broad SMARTS) is 1. The van der Waals surface area contributed by atoms with Crippen molar-refractivity contribution in [2.75, 3.05) is 13.7 Å². The van der Waals surface area contributed by atoms with Crippen molar-refractivity contribution < 1.29 is 24.2 Å². The monoisotopic (exact) mass is 293 g/mol. The highest BCUT2D eigenvalue weighted by molar-refractivity contribution is 5.83. The Balaban J connectivity index is 2.54. The number of aliphatic carboxylic acids is 1. The molecule has 1 aromatic carbocycles. The molecule has 0 radical (unpaired) electrons. The number of carbonyl (C=O) groups is 2.